The van der Waals surface area contributed by atoms with Crippen LogP contribution in [0.3, 0.4) is 0 Å². The number of rotatable bonds is 3. The van der Waals surface area contributed by atoms with Crippen molar-refractivity contribution < 1.29 is 17.1 Å². The molecule has 6 heteroatoms. The zero-order valence-corrected chi connectivity index (χ0v) is 15.3. The van der Waals surface area contributed by atoms with Crippen molar-refractivity contribution in [1.82, 2.24) is 16.5 Å². The molecule has 0 saturated carbocycles. The van der Waals surface area contributed by atoms with Crippen molar-refractivity contribution in [3.63, 3.8) is 0 Å². The fraction of sp³-hybridized carbons (Fsp3) is 1.00. The predicted octanol–water partition coefficient (Wildman–Crippen LogP) is -0.187. The van der Waals surface area contributed by atoms with Crippen LogP contribution in [-0.2, 0) is 17.1 Å². The van der Waals surface area contributed by atoms with Crippen molar-refractivity contribution in [2.75, 3.05) is 69.5 Å². The van der Waals surface area contributed by atoms with Crippen molar-refractivity contribution in [2.45, 2.75) is 0 Å². The Hall–Kier alpha value is 0.540. The molecule has 0 bridgehead atoms. The molecule has 0 amide bonds. The van der Waals surface area contributed by atoms with Crippen LogP contribution in [0, 0.1) is 0 Å². The van der Waals surface area contributed by atoms with E-state index in [2.05, 4.69) is 72.9 Å². The third-order valence-electron chi connectivity index (χ3n) is 4.12. The van der Waals surface area contributed by atoms with E-state index in [9.17, 15) is 0 Å². The fourth-order valence-corrected chi connectivity index (χ4v) is 29.8. The quantitative estimate of drug-likeness (QED) is 0.653. The van der Waals surface area contributed by atoms with Crippen molar-refractivity contribution in [3.8, 4) is 0 Å². The molecular formula is C10H28N5Ta. The van der Waals surface area contributed by atoms with Gasteiger partial charge in [-0.1, -0.05) is 0 Å². The van der Waals surface area contributed by atoms with E-state index in [1.54, 1.807) is 0 Å². The first-order valence-corrected chi connectivity index (χ1v) is 12.9. The molecule has 1 aliphatic heterocycles. The summed E-state index contributed by atoms with van der Waals surface area (Å²) in [6.45, 7) is 2.30. The average Bonchev–Trinajstić information content (AvgIpc) is 2.40. The van der Waals surface area contributed by atoms with Gasteiger partial charge in [0, 0.05) is 0 Å². The second kappa shape index (κ2) is 4.33. The van der Waals surface area contributed by atoms with Crippen LogP contribution in [0.4, 0.5) is 0 Å². The first-order chi connectivity index (χ1) is 7.23. The van der Waals surface area contributed by atoms with Gasteiger partial charge in [0.2, 0.25) is 0 Å². The molecule has 1 saturated heterocycles. The first-order valence-electron chi connectivity index (χ1n) is 5.71. The third-order valence-corrected chi connectivity index (χ3v) is 29.8. The van der Waals surface area contributed by atoms with Gasteiger partial charge in [0.15, 0.2) is 0 Å². The Kier molecular flexibility index (Phi) is 3.95. The van der Waals surface area contributed by atoms with Crippen LogP contribution in [0.5, 0.6) is 0 Å². The summed E-state index contributed by atoms with van der Waals surface area (Å²) in [6.07, 6.45) is 0. The molecule has 1 rings (SSSR count). The van der Waals surface area contributed by atoms with Gasteiger partial charge in [0.25, 0.3) is 0 Å². The van der Waals surface area contributed by atoms with Crippen LogP contribution in [0.2, 0.25) is 0 Å². The van der Waals surface area contributed by atoms with Crippen LogP contribution in [0.1, 0.15) is 0 Å². The molecule has 0 aromatic heterocycles. The molecule has 5 nitrogen and oxygen atoms in total. The minimum absolute atomic E-state index is 1.15. The Bertz CT molecular complexity index is 227. The Morgan fingerprint density at radius 1 is 0.688 bits per heavy atom. The molecule has 0 atom stereocenters. The minimum atomic E-state index is -3.57. The maximum absolute atomic E-state index is 3.57. The Morgan fingerprint density at radius 2 is 0.938 bits per heavy atom. The van der Waals surface area contributed by atoms with Crippen LogP contribution >= 0.6 is 0 Å². The molecule has 0 radical (unpaired) electrons. The van der Waals surface area contributed by atoms with E-state index in [4.69, 9.17) is 0 Å². The van der Waals surface area contributed by atoms with Gasteiger partial charge in [-0.15, -0.1) is 0 Å². The molecule has 0 unspecified atom stereocenters. The number of hydrogen-bond acceptors (Lipinski definition) is 5. The standard InChI is InChI=1S/C4H10N2.3C2H6N.Ta/c1-5-3-4-6-2;3*1-3-2;/h3-4H2,1-2H3;3*1-2H3;/q-2;3*-1;+5. The summed E-state index contributed by atoms with van der Waals surface area (Å²) in [5, 5.41) is 0. The molecule has 0 aromatic rings. The SMILES string of the molecule is C[N](C)[Ta]1([N](C)C)([N](C)C)[N](C)CC[N]1C. The molecule has 1 heterocycles. The Balaban J connectivity index is 3.51. The van der Waals surface area contributed by atoms with Crippen LogP contribution in [-0.4, -0.2) is 86.0 Å². The second-order valence-electron chi connectivity index (χ2n) is 5.20. The van der Waals surface area contributed by atoms with Crippen LogP contribution in [0.15, 0.2) is 0 Å². The van der Waals surface area contributed by atoms with E-state index in [-0.39, 0.29) is 0 Å². The van der Waals surface area contributed by atoms with E-state index < -0.39 is 17.1 Å². The Morgan fingerprint density at radius 3 is 1.06 bits per heavy atom. The summed E-state index contributed by atoms with van der Waals surface area (Å²) in [4.78, 5) is 0. The summed E-state index contributed by atoms with van der Waals surface area (Å²) >= 11 is -3.57. The van der Waals surface area contributed by atoms with Gasteiger partial charge in [-0.05, 0) is 0 Å². The summed E-state index contributed by atoms with van der Waals surface area (Å²) in [6, 6.07) is 0. The first kappa shape index (κ1) is 14.6. The van der Waals surface area contributed by atoms with Crippen LogP contribution < -0.4 is 0 Å². The summed E-state index contributed by atoms with van der Waals surface area (Å²) in [5.74, 6) is 0. The summed E-state index contributed by atoms with van der Waals surface area (Å²) in [7, 11) is 17.9. The second-order valence-corrected chi connectivity index (χ2v) is 25.2. The maximum atomic E-state index is 2.60. The van der Waals surface area contributed by atoms with Crippen molar-refractivity contribution >= 4 is 0 Å². The summed E-state index contributed by atoms with van der Waals surface area (Å²) < 4.78 is 12.7. The van der Waals surface area contributed by atoms with Crippen molar-refractivity contribution in [1.29, 1.82) is 0 Å². The molecule has 0 aliphatic carbocycles. The summed E-state index contributed by atoms with van der Waals surface area (Å²) in [5.41, 5.74) is 0. The van der Waals surface area contributed by atoms with Gasteiger partial charge < -0.3 is 0 Å². The van der Waals surface area contributed by atoms with E-state index in [0.717, 1.165) is 13.1 Å². The van der Waals surface area contributed by atoms with Crippen LogP contribution in [0.25, 0.3) is 0 Å². The van der Waals surface area contributed by atoms with E-state index in [1.807, 2.05) is 0 Å². The molecule has 0 N–H and O–H groups in total. The predicted molar refractivity (Wildman–Crippen MR) is 66.3 cm³/mol. The van der Waals surface area contributed by atoms with Gasteiger partial charge >= 0.3 is 103 Å². The zero-order chi connectivity index (χ0) is 12.7. The van der Waals surface area contributed by atoms with Gasteiger partial charge in [0.05, 0.1) is 0 Å². The van der Waals surface area contributed by atoms with E-state index in [1.165, 1.54) is 0 Å². The molecule has 98 valence electrons. The van der Waals surface area contributed by atoms with E-state index >= 15 is 0 Å². The fourth-order valence-electron chi connectivity index (χ4n) is 3.81. The van der Waals surface area contributed by atoms with Gasteiger partial charge in [-0.3, -0.25) is 0 Å². The normalized spacial score (nSPS) is 28.8. The Labute approximate surface area is 103 Å². The molecule has 16 heavy (non-hydrogen) atoms. The average molecular weight is 399 g/mol. The van der Waals surface area contributed by atoms with Gasteiger partial charge in [0.1, 0.15) is 0 Å². The molecule has 0 aromatic carbocycles. The topological polar surface area (TPSA) is 16.2 Å². The molecule has 0 spiro atoms. The van der Waals surface area contributed by atoms with Crippen molar-refractivity contribution in [3.05, 3.63) is 0 Å². The van der Waals surface area contributed by atoms with Gasteiger partial charge in [-0.25, -0.2) is 0 Å². The number of likely N-dealkylation sites (N-methyl/N-ethyl adjacent to an activating group) is 2. The molecule has 1 aliphatic rings. The monoisotopic (exact) mass is 399 g/mol. The number of nitrogens with zero attached hydrogens (tertiary/aromatic N) is 5. The van der Waals surface area contributed by atoms with Gasteiger partial charge in [-0.2, -0.15) is 0 Å². The third kappa shape index (κ3) is 1.29. The number of hydrogen-bond donors (Lipinski definition) is 0. The molecular weight excluding hydrogens is 371 g/mol. The zero-order valence-electron chi connectivity index (χ0n) is 12.1. The van der Waals surface area contributed by atoms with Crippen molar-refractivity contribution in [2.24, 2.45) is 0 Å². The molecule has 1 fully saturated rings. The van der Waals surface area contributed by atoms with E-state index in [0.29, 0.717) is 0 Å².